The molecule has 1 aromatic rings. The molecule has 0 fully saturated rings. The molecule has 1 amide bonds. The molecule has 12 heavy (non-hydrogen) atoms. The average molecular weight is 165 g/mol. The minimum atomic E-state index is 0.0880. The molecule has 1 aromatic heterocycles. The van der Waals surface area contributed by atoms with E-state index in [-0.39, 0.29) is 5.91 Å². The summed E-state index contributed by atoms with van der Waals surface area (Å²) in [5.74, 6) is 0.924. The van der Waals surface area contributed by atoms with Gasteiger partial charge in [-0.2, -0.15) is 5.10 Å². The summed E-state index contributed by atoms with van der Waals surface area (Å²) in [4.78, 5) is 11.0. The monoisotopic (exact) mass is 165 g/mol. The molecule has 4 heteroatoms. The lowest BCUT2D eigenvalue weighted by molar-refractivity contribution is -0.116. The molecule has 0 radical (unpaired) electrons. The van der Waals surface area contributed by atoms with Gasteiger partial charge in [0.1, 0.15) is 5.82 Å². The van der Waals surface area contributed by atoms with Gasteiger partial charge in [-0.05, 0) is 6.42 Å². The van der Waals surface area contributed by atoms with Crippen molar-refractivity contribution in [2.24, 2.45) is 0 Å². The van der Waals surface area contributed by atoms with Gasteiger partial charge < -0.3 is 5.32 Å². The van der Waals surface area contributed by atoms with Crippen molar-refractivity contribution in [3.63, 3.8) is 0 Å². The standard InChI is InChI=1S/C8H11N3O/c1-2-6-5-7-9-8(12)3-4-11(7)10-6/h5H,2-4H2,1H3,(H,9,12). The number of amides is 1. The van der Waals surface area contributed by atoms with Gasteiger partial charge in [0.2, 0.25) is 5.91 Å². The lowest BCUT2D eigenvalue weighted by Crippen LogP contribution is -2.23. The summed E-state index contributed by atoms with van der Waals surface area (Å²) in [5.41, 5.74) is 1.03. The summed E-state index contributed by atoms with van der Waals surface area (Å²) < 4.78 is 1.85. The van der Waals surface area contributed by atoms with Gasteiger partial charge in [-0.15, -0.1) is 0 Å². The first kappa shape index (κ1) is 7.34. The molecule has 2 heterocycles. The van der Waals surface area contributed by atoms with Gasteiger partial charge in [0.05, 0.1) is 12.2 Å². The molecular formula is C8H11N3O. The Hall–Kier alpha value is -1.32. The largest absolute Gasteiger partial charge is 0.311 e. The third kappa shape index (κ3) is 1.09. The fourth-order valence-electron chi connectivity index (χ4n) is 1.33. The SMILES string of the molecule is CCc1cc2n(n1)CCC(=O)N2. The Morgan fingerprint density at radius 2 is 2.58 bits per heavy atom. The van der Waals surface area contributed by atoms with Crippen LogP contribution in [0.4, 0.5) is 5.82 Å². The van der Waals surface area contributed by atoms with Crippen molar-refractivity contribution in [2.45, 2.75) is 26.3 Å². The van der Waals surface area contributed by atoms with Crippen LogP contribution in [0.5, 0.6) is 0 Å². The van der Waals surface area contributed by atoms with Crippen LogP contribution in [-0.4, -0.2) is 15.7 Å². The molecule has 64 valence electrons. The van der Waals surface area contributed by atoms with Crippen molar-refractivity contribution >= 4 is 11.7 Å². The smallest absolute Gasteiger partial charge is 0.227 e. The quantitative estimate of drug-likeness (QED) is 0.668. The Morgan fingerprint density at radius 1 is 1.75 bits per heavy atom. The first-order valence-electron chi connectivity index (χ1n) is 4.16. The summed E-state index contributed by atoms with van der Waals surface area (Å²) in [5, 5.41) is 7.08. The zero-order valence-electron chi connectivity index (χ0n) is 7.00. The van der Waals surface area contributed by atoms with Gasteiger partial charge in [-0.25, -0.2) is 4.68 Å². The molecule has 0 saturated carbocycles. The van der Waals surface area contributed by atoms with Crippen molar-refractivity contribution in [1.82, 2.24) is 9.78 Å². The first-order valence-corrected chi connectivity index (χ1v) is 4.16. The van der Waals surface area contributed by atoms with Crippen LogP contribution in [0.2, 0.25) is 0 Å². The topological polar surface area (TPSA) is 46.9 Å². The van der Waals surface area contributed by atoms with Crippen molar-refractivity contribution in [1.29, 1.82) is 0 Å². The number of rotatable bonds is 1. The molecule has 0 spiro atoms. The fraction of sp³-hybridized carbons (Fsp3) is 0.500. The Bertz CT molecular complexity index is 316. The predicted octanol–water partition coefficient (Wildman–Crippen LogP) is 0.788. The van der Waals surface area contributed by atoms with Crippen LogP contribution < -0.4 is 5.32 Å². The van der Waals surface area contributed by atoms with E-state index >= 15 is 0 Å². The molecule has 2 rings (SSSR count). The van der Waals surface area contributed by atoms with Gasteiger partial charge in [0.15, 0.2) is 0 Å². The van der Waals surface area contributed by atoms with E-state index < -0.39 is 0 Å². The number of nitrogens with one attached hydrogen (secondary N) is 1. The normalized spacial score (nSPS) is 15.6. The van der Waals surface area contributed by atoms with Crippen LogP contribution >= 0.6 is 0 Å². The minimum Gasteiger partial charge on any atom is -0.311 e. The van der Waals surface area contributed by atoms with Crippen LogP contribution in [0.3, 0.4) is 0 Å². The van der Waals surface area contributed by atoms with Crippen LogP contribution in [0.25, 0.3) is 0 Å². The Kier molecular flexibility index (Phi) is 1.60. The summed E-state index contributed by atoms with van der Waals surface area (Å²) in [6, 6.07) is 1.93. The van der Waals surface area contributed by atoms with Crippen molar-refractivity contribution in [3.8, 4) is 0 Å². The third-order valence-corrected chi connectivity index (χ3v) is 2.01. The Labute approximate surface area is 70.6 Å². The van der Waals surface area contributed by atoms with Crippen LogP contribution in [0.15, 0.2) is 6.07 Å². The van der Waals surface area contributed by atoms with E-state index in [0.29, 0.717) is 13.0 Å². The molecule has 0 saturated heterocycles. The highest BCUT2D eigenvalue weighted by Gasteiger charge is 2.15. The van der Waals surface area contributed by atoms with Crippen molar-refractivity contribution in [3.05, 3.63) is 11.8 Å². The third-order valence-electron chi connectivity index (χ3n) is 2.01. The van der Waals surface area contributed by atoms with E-state index in [2.05, 4.69) is 17.3 Å². The van der Waals surface area contributed by atoms with E-state index in [1.54, 1.807) is 0 Å². The van der Waals surface area contributed by atoms with Gasteiger partial charge >= 0.3 is 0 Å². The second kappa shape index (κ2) is 2.62. The second-order valence-electron chi connectivity index (χ2n) is 2.90. The maximum atomic E-state index is 11.0. The van der Waals surface area contributed by atoms with E-state index in [1.807, 2.05) is 10.7 Å². The van der Waals surface area contributed by atoms with Gasteiger partial charge in [-0.3, -0.25) is 4.79 Å². The lowest BCUT2D eigenvalue weighted by Gasteiger charge is -2.13. The zero-order valence-corrected chi connectivity index (χ0v) is 7.00. The van der Waals surface area contributed by atoms with E-state index in [4.69, 9.17) is 0 Å². The highest BCUT2D eigenvalue weighted by molar-refractivity contribution is 5.91. The molecule has 1 N–H and O–H groups in total. The fourth-order valence-corrected chi connectivity index (χ4v) is 1.33. The van der Waals surface area contributed by atoms with Crippen LogP contribution in [-0.2, 0) is 17.8 Å². The number of hydrogen-bond acceptors (Lipinski definition) is 2. The van der Waals surface area contributed by atoms with Crippen LogP contribution in [0.1, 0.15) is 19.0 Å². The number of hydrogen-bond donors (Lipinski definition) is 1. The van der Waals surface area contributed by atoms with E-state index in [1.165, 1.54) is 0 Å². The number of nitrogens with zero attached hydrogens (tertiary/aromatic N) is 2. The molecule has 1 aliphatic heterocycles. The van der Waals surface area contributed by atoms with Crippen molar-refractivity contribution < 1.29 is 4.79 Å². The van der Waals surface area contributed by atoms with Gasteiger partial charge in [-0.1, -0.05) is 6.92 Å². The number of carbonyl (C=O) groups excluding carboxylic acids is 1. The van der Waals surface area contributed by atoms with Crippen LogP contribution in [0, 0.1) is 0 Å². The lowest BCUT2D eigenvalue weighted by atomic mass is 10.3. The maximum Gasteiger partial charge on any atom is 0.227 e. The number of aromatic nitrogens is 2. The van der Waals surface area contributed by atoms with Gasteiger partial charge in [0.25, 0.3) is 0 Å². The Morgan fingerprint density at radius 3 is 3.33 bits per heavy atom. The maximum absolute atomic E-state index is 11.0. The molecule has 1 aliphatic rings. The first-order chi connectivity index (χ1) is 5.79. The number of fused-ring (bicyclic) bond motifs is 1. The molecule has 0 unspecified atom stereocenters. The zero-order chi connectivity index (χ0) is 8.55. The number of carbonyl (C=O) groups is 1. The number of aryl methyl sites for hydroxylation is 2. The molecule has 4 nitrogen and oxygen atoms in total. The average Bonchev–Trinajstić information content (AvgIpc) is 2.46. The summed E-state index contributed by atoms with van der Waals surface area (Å²) in [7, 11) is 0. The summed E-state index contributed by atoms with van der Waals surface area (Å²) >= 11 is 0. The predicted molar refractivity (Wildman–Crippen MR) is 44.9 cm³/mol. The highest BCUT2D eigenvalue weighted by atomic mass is 16.1. The molecular weight excluding hydrogens is 154 g/mol. The molecule has 0 atom stereocenters. The minimum absolute atomic E-state index is 0.0880. The van der Waals surface area contributed by atoms with E-state index in [0.717, 1.165) is 17.9 Å². The van der Waals surface area contributed by atoms with Gasteiger partial charge in [0, 0.05) is 12.5 Å². The molecule has 0 aromatic carbocycles. The highest BCUT2D eigenvalue weighted by Crippen LogP contribution is 2.15. The number of anilines is 1. The Balaban J connectivity index is 2.34. The molecule has 0 aliphatic carbocycles. The summed E-state index contributed by atoms with van der Waals surface area (Å²) in [6.45, 7) is 2.76. The summed E-state index contributed by atoms with van der Waals surface area (Å²) in [6.07, 6.45) is 1.45. The van der Waals surface area contributed by atoms with E-state index in [9.17, 15) is 4.79 Å². The van der Waals surface area contributed by atoms with Crippen molar-refractivity contribution in [2.75, 3.05) is 5.32 Å². The second-order valence-corrected chi connectivity index (χ2v) is 2.90. The molecule has 0 bridgehead atoms.